The first-order valence-electron chi connectivity index (χ1n) is 12.6. The molecule has 4 rings (SSSR count). The highest BCUT2D eigenvalue weighted by molar-refractivity contribution is 7.89. The third-order valence-corrected chi connectivity index (χ3v) is 8.22. The number of fused-ring (bicyclic) bond motifs is 1. The van der Waals surface area contributed by atoms with E-state index in [2.05, 4.69) is 44.0 Å². The van der Waals surface area contributed by atoms with Crippen molar-refractivity contribution >= 4 is 43.9 Å². The molecule has 0 bridgehead atoms. The third kappa shape index (κ3) is 6.61. The van der Waals surface area contributed by atoms with Gasteiger partial charge in [-0.2, -0.15) is 10.2 Å². The van der Waals surface area contributed by atoms with Gasteiger partial charge in [0.1, 0.15) is 0 Å². The number of nitrogens with zero attached hydrogens (tertiary/aromatic N) is 3. The topological polar surface area (TPSA) is 177 Å². The molecular weight excluding hydrogens is 524 g/mol. The molecule has 1 amide bonds. The fraction of sp³-hybridized carbons (Fsp3) is 0.385. The molecule has 5 N–H and O–H groups in total. The quantitative estimate of drug-likeness (QED) is 0.198. The number of hydrogen-bond donors (Lipinski definition) is 5. The Hall–Kier alpha value is -3.81. The van der Waals surface area contributed by atoms with E-state index in [1.165, 1.54) is 49.4 Å². The molecule has 208 valence electrons. The van der Waals surface area contributed by atoms with Gasteiger partial charge in [0.15, 0.2) is 17.5 Å². The number of rotatable bonds is 9. The van der Waals surface area contributed by atoms with Crippen LogP contribution in [0.3, 0.4) is 0 Å². The molecule has 1 aliphatic rings. The lowest BCUT2D eigenvalue weighted by molar-refractivity contribution is -0.126. The van der Waals surface area contributed by atoms with Gasteiger partial charge in [-0.15, -0.1) is 0 Å². The lowest BCUT2D eigenvalue weighted by Crippen LogP contribution is -2.46. The molecule has 2 heterocycles. The summed E-state index contributed by atoms with van der Waals surface area (Å²) in [6, 6.07) is 8.96. The first kappa shape index (κ1) is 28.2. The van der Waals surface area contributed by atoms with Crippen molar-refractivity contribution in [2.75, 3.05) is 18.4 Å². The zero-order valence-corrected chi connectivity index (χ0v) is 22.7. The van der Waals surface area contributed by atoms with E-state index in [0.29, 0.717) is 22.5 Å². The van der Waals surface area contributed by atoms with Gasteiger partial charge in [0, 0.05) is 28.5 Å². The number of ketones is 1. The van der Waals surface area contributed by atoms with Crippen molar-refractivity contribution in [3.05, 3.63) is 42.5 Å². The van der Waals surface area contributed by atoms with Crippen molar-refractivity contribution in [1.82, 2.24) is 14.6 Å². The molecule has 12 nitrogen and oxygen atoms in total. The van der Waals surface area contributed by atoms with Gasteiger partial charge >= 0.3 is 0 Å². The Bertz CT molecular complexity index is 1490. The molecule has 1 saturated heterocycles. The van der Waals surface area contributed by atoms with Crippen LogP contribution in [-0.2, 0) is 19.6 Å². The number of carbonyl (C=O) groups excluding carboxylic acids is 2. The van der Waals surface area contributed by atoms with E-state index in [1.807, 2.05) is 0 Å². The van der Waals surface area contributed by atoms with Crippen molar-refractivity contribution in [2.24, 2.45) is 10.2 Å². The Balaban J connectivity index is 1.39. The molecule has 1 fully saturated rings. The second-order valence-corrected chi connectivity index (χ2v) is 11.5. The normalized spacial score (nSPS) is 16.2. The van der Waals surface area contributed by atoms with Crippen LogP contribution >= 0.6 is 0 Å². The molecule has 0 radical (unpaired) electrons. The van der Waals surface area contributed by atoms with Gasteiger partial charge in [0.2, 0.25) is 16.1 Å². The Morgan fingerprint density at radius 1 is 1.03 bits per heavy atom. The van der Waals surface area contributed by atoms with Gasteiger partial charge in [-0.25, -0.2) is 13.1 Å². The number of nitrogens with one attached hydrogen (secondary N) is 3. The van der Waals surface area contributed by atoms with Gasteiger partial charge in [0.05, 0.1) is 10.6 Å². The van der Waals surface area contributed by atoms with E-state index >= 15 is 0 Å². The van der Waals surface area contributed by atoms with E-state index in [4.69, 9.17) is 0 Å². The van der Waals surface area contributed by atoms with Crippen LogP contribution in [0.5, 0.6) is 11.8 Å². The van der Waals surface area contributed by atoms with Crippen molar-refractivity contribution in [2.45, 2.75) is 56.6 Å². The number of H-pyrrole nitrogens is 1. The number of amides is 1. The number of Topliss-reactive ketones (excluding diaryl/α,β-unsaturated/α-hetero) is 1. The number of piperidine rings is 1. The summed E-state index contributed by atoms with van der Waals surface area (Å²) in [5.74, 6) is -1.74. The Morgan fingerprint density at radius 3 is 2.28 bits per heavy atom. The lowest BCUT2D eigenvalue weighted by Gasteiger charge is -2.34. The average Bonchev–Trinajstić information content (AvgIpc) is 3.17. The summed E-state index contributed by atoms with van der Waals surface area (Å²) in [5.41, 5.74) is 0.549. The highest BCUT2D eigenvalue weighted by Gasteiger charge is 2.26. The van der Waals surface area contributed by atoms with Crippen molar-refractivity contribution in [1.29, 1.82) is 0 Å². The maximum atomic E-state index is 12.9. The number of azo groups is 1. The van der Waals surface area contributed by atoms with Gasteiger partial charge in [-0.1, -0.05) is 0 Å². The summed E-state index contributed by atoms with van der Waals surface area (Å²) in [6.07, 6.45) is 1.46. The van der Waals surface area contributed by atoms with Crippen molar-refractivity contribution < 1.29 is 28.2 Å². The fourth-order valence-electron chi connectivity index (χ4n) is 4.44. The number of aromatic hydroxyl groups is 2. The monoisotopic (exact) mass is 556 g/mol. The standard InChI is InChI=1S/C26H32N6O6S/c1-15(2)32-12-10-18(11-13-32)31-39(37,38)20-7-4-17(5-8-20)27-26(36)23(16(3)33)30-29-19-6-9-21-22(14-19)25(35)28-24(21)34/h4-9,14-15,18,23,28,31,34-35H,10-13H2,1-3H3,(H,27,36). The largest absolute Gasteiger partial charge is 0.494 e. The maximum Gasteiger partial charge on any atom is 0.258 e. The van der Waals surface area contributed by atoms with Gasteiger partial charge in [-0.3, -0.25) is 14.6 Å². The van der Waals surface area contributed by atoms with Gasteiger partial charge in [-0.05, 0) is 89.2 Å². The minimum absolute atomic E-state index is 0.0732. The number of benzene rings is 2. The third-order valence-electron chi connectivity index (χ3n) is 6.69. The molecule has 0 spiro atoms. The molecule has 13 heteroatoms. The summed E-state index contributed by atoms with van der Waals surface area (Å²) in [5, 5.41) is 30.7. The molecule has 0 saturated carbocycles. The molecule has 2 aromatic carbocycles. The van der Waals surface area contributed by atoms with E-state index < -0.39 is 27.8 Å². The maximum absolute atomic E-state index is 12.9. The number of aromatic nitrogens is 1. The highest BCUT2D eigenvalue weighted by atomic mass is 32.2. The molecule has 1 unspecified atom stereocenters. The summed E-state index contributed by atoms with van der Waals surface area (Å²) >= 11 is 0. The molecular formula is C26H32N6O6S. The summed E-state index contributed by atoms with van der Waals surface area (Å²) < 4.78 is 28.5. The number of carbonyl (C=O) groups is 2. The first-order chi connectivity index (χ1) is 18.4. The Kier molecular flexibility index (Phi) is 8.33. The van der Waals surface area contributed by atoms with E-state index in [1.54, 1.807) is 0 Å². The number of hydrogen-bond acceptors (Lipinski definition) is 9. The smallest absolute Gasteiger partial charge is 0.258 e. The minimum Gasteiger partial charge on any atom is -0.494 e. The van der Waals surface area contributed by atoms with Crippen molar-refractivity contribution in [3.63, 3.8) is 0 Å². The number of likely N-dealkylation sites (tertiary alicyclic amines) is 1. The molecule has 1 aliphatic heterocycles. The van der Waals surface area contributed by atoms with Crippen LogP contribution in [0.15, 0.2) is 57.6 Å². The van der Waals surface area contributed by atoms with E-state index in [0.717, 1.165) is 25.9 Å². The van der Waals surface area contributed by atoms with Crippen LogP contribution in [0.4, 0.5) is 11.4 Å². The Morgan fingerprint density at radius 2 is 1.67 bits per heavy atom. The lowest BCUT2D eigenvalue weighted by atomic mass is 10.1. The Labute approximate surface area is 226 Å². The van der Waals surface area contributed by atoms with Crippen LogP contribution in [0.2, 0.25) is 0 Å². The average molecular weight is 557 g/mol. The zero-order valence-electron chi connectivity index (χ0n) is 21.9. The second-order valence-electron chi connectivity index (χ2n) is 9.82. The van der Waals surface area contributed by atoms with Crippen LogP contribution in [0.25, 0.3) is 10.8 Å². The van der Waals surface area contributed by atoms with Crippen LogP contribution < -0.4 is 10.0 Å². The van der Waals surface area contributed by atoms with E-state index in [9.17, 15) is 28.2 Å². The number of anilines is 1. The summed E-state index contributed by atoms with van der Waals surface area (Å²) in [7, 11) is -3.73. The molecule has 0 aliphatic carbocycles. The predicted molar refractivity (Wildman–Crippen MR) is 146 cm³/mol. The highest BCUT2D eigenvalue weighted by Crippen LogP contribution is 2.34. The van der Waals surface area contributed by atoms with Gasteiger partial charge < -0.3 is 20.4 Å². The number of aromatic amines is 1. The van der Waals surface area contributed by atoms with Crippen molar-refractivity contribution in [3.8, 4) is 11.8 Å². The molecule has 39 heavy (non-hydrogen) atoms. The second kappa shape index (κ2) is 11.5. The van der Waals surface area contributed by atoms with Gasteiger partial charge in [0.25, 0.3) is 5.91 Å². The SMILES string of the molecule is CC(=O)C(N=Nc1ccc2c(O)[nH]c(O)c2c1)C(=O)Nc1ccc(S(=O)(=O)NC2CCN(C(C)C)CC2)cc1. The first-order valence-corrected chi connectivity index (χ1v) is 14.0. The number of sulfonamides is 1. The fourth-order valence-corrected chi connectivity index (χ4v) is 5.74. The van der Waals surface area contributed by atoms with Crippen LogP contribution in [-0.4, -0.2) is 71.4 Å². The summed E-state index contributed by atoms with van der Waals surface area (Å²) in [6.45, 7) is 7.11. The summed E-state index contributed by atoms with van der Waals surface area (Å²) in [4.78, 5) is 29.7. The van der Waals surface area contributed by atoms with Crippen LogP contribution in [0.1, 0.15) is 33.6 Å². The molecule has 1 aromatic heterocycles. The van der Waals surface area contributed by atoms with Crippen LogP contribution in [0, 0.1) is 0 Å². The molecule has 1 atom stereocenters. The zero-order chi connectivity index (χ0) is 28.3. The molecule has 3 aromatic rings. The predicted octanol–water partition coefficient (Wildman–Crippen LogP) is 3.41. The van der Waals surface area contributed by atoms with E-state index in [-0.39, 0.29) is 28.4 Å². The minimum atomic E-state index is -3.73.